The van der Waals surface area contributed by atoms with Crippen LogP contribution in [0.3, 0.4) is 0 Å². The molecule has 0 radical (unpaired) electrons. The van der Waals surface area contributed by atoms with Crippen LogP contribution in [0.25, 0.3) is 10.9 Å². The first-order valence-corrected chi connectivity index (χ1v) is 11.5. The molecule has 2 fully saturated rings. The second kappa shape index (κ2) is 8.75. The normalized spacial score (nSPS) is 19.3. The van der Waals surface area contributed by atoms with Crippen LogP contribution in [0.15, 0.2) is 29.2 Å². The van der Waals surface area contributed by atoms with Gasteiger partial charge in [-0.05, 0) is 38.7 Å². The first-order valence-electron chi connectivity index (χ1n) is 11.5. The Hall–Kier alpha value is -3.15. The van der Waals surface area contributed by atoms with Gasteiger partial charge < -0.3 is 14.6 Å². The molecule has 12 heteroatoms. The van der Waals surface area contributed by atoms with Crippen molar-refractivity contribution in [3.63, 3.8) is 0 Å². The van der Waals surface area contributed by atoms with Crippen LogP contribution in [0.1, 0.15) is 42.6 Å². The fraction of sp³-hybridized carbons (Fsp3) is 0.458. The summed E-state index contributed by atoms with van der Waals surface area (Å²) < 4.78 is 92.9. The summed E-state index contributed by atoms with van der Waals surface area (Å²) in [5.74, 6) is -5.96. The summed E-state index contributed by atoms with van der Waals surface area (Å²) in [6.45, 7) is 1.28. The summed E-state index contributed by atoms with van der Waals surface area (Å²) in [6.07, 6.45) is -2.68. The molecule has 2 aromatic heterocycles. The molecule has 0 spiro atoms. The summed E-state index contributed by atoms with van der Waals surface area (Å²) >= 11 is 0. The molecule has 2 aliphatic rings. The lowest BCUT2D eigenvalue weighted by molar-refractivity contribution is -0.124. The standard InChI is InChI=1S/C24H22F6N4O2/c1-12-32-19-14(11-34(21(35)18(19)26)23(7-8-23)22(27)28)20(33-12)31-10-13-4-2-5-15(17(13)25)24(29,30)16-6-3-9-36-16/h2,4-5,11,16,22H,3,6-10H2,1H3,(H,31,32,33)/t16-/m0/s1. The first-order chi connectivity index (χ1) is 17.1. The Labute approximate surface area is 201 Å². The second-order valence-corrected chi connectivity index (χ2v) is 9.16. The zero-order valence-electron chi connectivity index (χ0n) is 19.1. The number of hydrogen-bond donors (Lipinski definition) is 1. The van der Waals surface area contributed by atoms with Gasteiger partial charge in [0, 0.05) is 24.9 Å². The van der Waals surface area contributed by atoms with Gasteiger partial charge >= 0.3 is 5.92 Å². The highest BCUT2D eigenvalue weighted by atomic mass is 19.3. The van der Waals surface area contributed by atoms with Crippen molar-refractivity contribution < 1.29 is 31.1 Å². The zero-order valence-corrected chi connectivity index (χ0v) is 19.1. The van der Waals surface area contributed by atoms with Crippen molar-refractivity contribution in [3.05, 3.63) is 63.3 Å². The molecular formula is C24H22F6N4O2. The van der Waals surface area contributed by atoms with Crippen molar-refractivity contribution in [2.24, 2.45) is 0 Å². The lowest BCUT2D eigenvalue weighted by Gasteiger charge is -2.24. The van der Waals surface area contributed by atoms with Crippen LogP contribution in [-0.4, -0.2) is 33.7 Å². The molecule has 1 saturated heterocycles. The molecule has 192 valence electrons. The van der Waals surface area contributed by atoms with E-state index in [-0.39, 0.29) is 60.5 Å². The van der Waals surface area contributed by atoms with Gasteiger partial charge in [-0.25, -0.2) is 23.1 Å². The fourth-order valence-corrected chi connectivity index (χ4v) is 4.61. The summed E-state index contributed by atoms with van der Waals surface area (Å²) in [4.78, 5) is 20.6. The molecule has 1 aliphatic carbocycles. The van der Waals surface area contributed by atoms with Crippen LogP contribution in [-0.2, 0) is 22.7 Å². The number of ether oxygens (including phenoxy) is 1. The highest BCUT2D eigenvalue weighted by molar-refractivity contribution is 5.88. The number of nitrogens with one attached hydrogen (secondary N) is 1. The van der Waals surface area contributed by atoms with Gasteiger partial charge in [-0.2, -0.15) is 13.2 Å². The summed E-state index contributed by atoms with van der Waals surface area (Å²) in [5.41, 5.74) is -4.32. The highest BCUT2D eigenvalue weighted by Crippen LogP contribution is 2.48. The average molecular weight is 512 g/mol. The lowest BCUT2D eigenvalue weighted by Crippen LogP contribution is -2.37. The summed E-state index contributed by atoms with van der Waals surface area (Å²) in [6, 6.07) is 3.59. The van der Waals surface area contributed by atoms with Crippen LogP contribution in [0.5, 0.6) is 0 Å². The average Bonchev–Trinajstić information content (AvgIpc) is 3.45. The third kappa shape index (κ3) is 3.91. The molecule has 36 heavy (non-hydrogen) atoms. The largest absolute Gasteiger partial charge is 0.372 e. The van der Waals surface area contributed by atoms with E-state index in [9.17, 15) is 26.7 Å². The van der Waals surface area contributed by atoms with Gasteiger partial charge in [-0.15, -0.1) is 0 Å². The van der Waals surface area contributed by atoms with Gasteiger partial charge in [-0.3, -0.25) is 4.79 Å². The Morgan fingerprint density at radius 2 is 1.97 bits per heavy atom. The SMILES string of the molecule is Cc1nc(NCc2cccc(C(F)(F)[C@@H]3CCCO3)c2F)c2cn(C3(C(F)F)CC3)c(=O)c(F)c2n1. The van der Waals surface area contributed by atoms with E-state index in [0.29, 0.717) is 11.0 Å². The maximum atomic E-state index is 15.2. The van der Waals surface area contributed by atoms with Crippen LogP contribution in [0.2, 0.25) is 0 Å². The van der Waals surface area contributed by atoms with E-state index in [1.165, 1.54) is 19.1 Å². The number of hydrogen-bond acceptors (Lipinski definition) is 5. The molecule has 1 N–H and O–H groups in total. The number of benzene rings is 1. The predicted octanol–water partition coefficient (Wildman–Crippen LogP) is 5.02. The third-order valence-electron chi connectivity index (χ3n) is 6.80. The van der Waals surface area contributed by atoms with E-state index < -0.39 is 46.7 Å². The fourth-order valence-electron chi connectivity index (χ4n) is 4.61. The Morgan fingerprint density at radius 3 is 2.61 bits per heavy atom. The summed E-state index contributed by atoms with van der Waals surface area (Å²) in [5, 5.41) is 2.71. The van der Waals surface area contributed by atoms with Gasteiger partial charge in [0.25, 0.3) is 12.0 Å². The quantitative estimate of drug-likeness (QED) is 0.451. The molecule has 0 amide bonds. The van der Waals surface area contributed by atoms with Crippen molar-refractivity contribution in [3.8, 4) is 0 Å². The van der Waals surface area contributed by atoms with E-state index in [1.54, 1.807) is 0 Å². The number of rotatable bonds is 7. The first kappa shape index (κ1) is 24.5. The minimum Gasteiger partial charge on any atom is -0.372 e. The van der Waals surface area contributed by atoms with Crippen molar-refractivity contribution in [1.29, 1.82) is 0 Å². The molecule has 0 bridgehead atoms. The monoisotopic (exact) mass is 512 g/mol. The topological polar surface area (TPSA) is 69.0 Å². The lowest BCUT2D eigenvalue weighted by atomic mass is 9.98. The Balaban J connectivity index is 1.52. The zero-order chi connectivity index (χ0) is 25.8. The number of aryl methyl sites for hydroxylation is 1. The highest BCUT2D eigenvalue weighted by Gasteiger charge is 2.54. The van der Waals surface area contributed by atoms with Crippen molar-refractivity contribution in [1.82, 2.24) is 14.5 Å². The molecule has 0 unspecified atom stereocenters. The van der Waals surface area contributed by atoms with Gasteiger partial charge in [0.1, 0.15) is 34.6 Å². The summed E-state index contributed by atoms with van der Waals surface area (Å²) in [7, 11) is 0. The van der Waals surface area contributed by atoms with E-state index in [0.717, 1.165) is 12.3 Å². The van der Waals surface area contributed by atoms with Crippen molar-refractivity contribution in [2.75, 3.05) is 11.9 Å². The Bertz CT molecular complexity index is 1380. The Morgan fingerprint density at radius 1 is 1.22 bits per heavy atom. The number of anilines is 1. The smallest absolute Gasteiger partial charge is 0.301 e. The Kier molecular flexibility index (Phi) is 5.97. The molecular weight excluding hydrogens is 490 g/mol. The predicted molar refractivity (Wildman–Crippen MR) is 118 cm³/mol. The van der Waals surface area contributed by atoms with Crippen molar-refractivity contribution >= 4 is 16.7 Å². The second-order valence-electron chi connectivity index (χ2n) is 9.16. The minimum absolute atomic E-state index is 0.00191. The minimum atomic E-state index is -3.54. The van der Waals surface area contributed by atoms with Gasteiger partial charge in [-0.1, -0.05) is 12.1 Å². The molecule has 3 heterocycles. The van der Waals surface area contributed by atoms with Gasteiger partial charge in [0.05, 0.1) is 10.9 Å². The number of fused-ring (bicyclic) bond motifs is 1. The molecule has 1 aromatic carbocycles. The number of nitrogens with zero attached hydrogens (tertiary/aromatic N) is 3. The molecule has 1 atom stereocenters. The number of aromatic nitrogens is 3. The van der Waals surface area contributed by atoms with Crippen LogP contribution in [0, 0.1) is 18.6 Å². The number of alkyl halides is 4. The van der Waals surface area contributed by atoms with E-state index in [2.05, 4.69) is 15.3 Å². The van der Waals surface area contributed by atoms with Gasteiger partial charge in [0.2, 0.25) is 5.82 Å². The number of pyridine rings is 1. The molecule has 1 aliphatic heterocycles. The van der Waals surface area contributed by atoms with Crippen LogP contribution in [0.4, 0.5) is 32.2 Å². The van der Waals surface area contributed by atoms with E-state index in [4.69, 9.17) is 4.74 Å². The van der Waals surface area contributed by atoms with E-state index in [1.807, 2.05) is 0 Å². The third-order valence-corrected chi connectivity index (χ3v) is 6.80. The number of halogens is 6. The molecule has 1 saturated carbocycles. The molecule has 6 nitrogen and oxygen atoms in total. The van der Waals surface area contributed by atoms with Gasteiger partial charge in [0.15, 0.2) is 0 Å². The van der Waals surface area contributed by atoms with Crippen molar-refractivity contribution in [2.45, 2.75) is 63.1 Å². The van der Waals surface area contributed by atoms with Crippen LogP contribution < -0.4 is 10.9 Å². The maximum absolute atomic E-state index is 15.2. The molecule has 3 aromatic rings. The maximum Gasteiger partial charge on any atom is 0.301 e. The van der Waals surface area contributed by atoms with Crippen LogP contribution >= 0.6 is 0 Å². The molecule has 5 rings (SSSR count). The van der Waals surface area contributed by atoms with E-state index >= 15 is 4.39 Å².